The third-order valence-electron chi connectivity index (χ3n) is 3.42. The van der Waals surface area contributed by atoms with Gasteiger partial charge in [-0.15, -0.1) is 12.6 Å². The molecule has 1 aromatic heterocycles. The van der Waals surface area contributed by atoms with Gasteiger partial charge in [-0.3, -0.25) is 9.78 Å². The molecule has 0 aliphatic heterocycles. The minimum atomic E-state index is 0.0262. The van der Waals surface area contributed by atoms with Gasteiger partial charge in [-0.25, -0.2) is 0 Å². The van der Waals surface area contributed by atoms with Crippen LogP contribution >= 0.6 is 12.6 Å². The number of aromatic nitrogens is 1. The maximum absolute atomic E-state index is 12.6. The minimum Gasteiger partial charge on any atom is -0.338 e. The second-order valence-electron chi connectivity index (χ2n) is 5.26. The standard InChI is InChI=1S/C16H21N3OS/c1-4-19(9-8-18(2)3)16(20)13-10-12-6-5-7-14(21)15(12)17-11-13/h5-7,10-11,21H,4,8-9H2,1-3H3. The highest BCUT2D eigenvalue weighted by molar-refractivity contribution is 7.80. The number of nitrogens with zero attached hydrogens (tertiary/aromatic N) is 3. The van der Waals surface area contributed by atoms with Crippen LogP contribution in [0.25, 0.3) is 10.9 Å². The number of hydrogen-bond acceptors (Lipinski definition) is 4. The average molecular weight is 303 g/mol. The van der Waals surface area contributed by atoms with Gasteiger partial charge in [0.25, 0.3) is 5.91 Å². The first kappa shape index (κ1) is 15.8. The molecule has 0 saturated carbocycles. The fraction of sp³-hybridized carbons (Fsp3) is 0.375. The number of pyridine rings is 1. The van der Waals surface area contributed by atoms with Crippen molar-refractivity contribution in [3.63, 3.8) is 0 Å². The first-order chi connectivity index (χ1) is 10.0. The number of thiol groups is 1. The van der Waals surface area contributed by atoms with E-state index in [2.05, 4.69) is 22.5 Å². The minimum absolute atomic E-state index is 0.0262. The molecule has 112 valence electrons. The zero-order valence-corrected chi connectivity index (χ0v) is 13.6. The predicted octanol–water partition coefficient (Wildman–Crippen LogP) is 2.55. The predicted molar refractivity (Wildman–Crippen MR) is 89.1 cm³/mol. The molecule has 0 atom stereocenters. The Morgan fingerprint density at radius 1 is 1.29 bits per heavy atom. The fourth-order valence-electron chi connectivity index (χ4n) is 2.17. The highest BCUT2D eigenvalue weighted by atomic mass is 32.1. The second kappa shape index (κ2) is 6.91. The largest absolute Gasteiger partial charge is 0.338 e. The molecule has 0 bridgehead atoms. The zero-order chi connectivity index (χ0) is 15.4. The summed E-state index contributed by atoms with van der Waals surface area (Å²) in [5.41, 5.74) is 1.45. The van der Waals surface area contributed by atoms with E-state index in [4.69, 9.17) is 0 Å². The van der Waals surface area contributed by atoms with Gasteiger partial charge < -0.3 is 9.80 Å². The molecule has 4 nitrogen and oxygen atoms in total. The van der Waals surface area contributed by atoms with E-state index in [0.29, 0.717) is 18.7 Å². The highest BCUT2D eigenvalue weighted by Gasteiger charge is 2.15. The number of benzene rings is 1. The first-order valence-electron chi connectivity index (χ1n) is 7.04. The van der Waals surface area contributed by atoms with Crippen molar-refractivity contribution in [1.29, 1.82) is 0 Å². The van der Waals surface area contributed by atoms with E-state index in [1.807, 2.05) is 50.2 Å². The lowest BCUT2D eigenvalue weighted by Gasteiger charge is -2.23. The second-order valence-corrected chi connectivity index (χ2v) is 5.74. The normalized spacial score (nSPS) is 11.1. The van der Waals surface area contributed by atoms with Gasteiger partial charge in [0.15, 0.2) is 0 Å². The Bertz CT molecular complexity index is 642. The molecule has 1 aromatic carbocycles. The molecule has 21 heavy (non-hydrogen) atoms. The van der Waals surface area contributed by atoms with Crippen molar-refractivity contribution in [2.75, 3.05) is 33.7 Å². The molecule has 1 amide bonds. The van der Waals surface area contributed by atoms with Gasteiger partial charge in [-0.1, -0.05) is 12.1 Å². The SMILES string of the molecule is CCN(CCN(C)C)C(=O)c1cnc2c(S)cccc2c1. The summed E-state index contributed by atoms with van der Waals surface area (Å²) < 4.78 is 0. The van der Waals surface area contributed by atoms with Gasteiger partial charge in [0.2, 0.25) is 0 Å². The molecule has 0 aliphatic rings. The van der Waals surface area contributed by atoms with E-state index in [9.17, 15) is 4.79 Å². The quantitative estimate of drug-likeness (QED) is 0.863. The summed E-state index contributed by atoms with van der Waals surface area (Å²) >= 11 is 4.39. The van der Waals surface area contributed by atoms with E-state index in [1.165, 1.54) is 0 Å². The van der Waals surface area contributed by atoms with Crippen LogP contribution in [0.2, 0.25) is 0 Å². The van der Waals surface area contributed by atoms with E-state index < -0.39 is 0 Å². The molecule has 2 rings (SSSR count). The van der Waals surface area contributed by atoms with Crippen LogP contribution in [0, 0.1) is 0 Å². The highest BCUT2D eigenvalue weighted by Crippen LogP contribution is 2.20. The number of amides is 1. The van der Waals surface area contributed by atoms with Crippen LogP contribution in [0.1, 0.15) is 17.3 Å². The summed E-state index contributed by atoms with van der Waals surface area (Å²) in [7, 11) is 4.01. The molecular formula is C16H21N3OS. The van der Waals surface area contributed by atoms with Crippen molar-refractivity contribution in [2.45, 2.75) is 11.8 Å². The first-order valence-corrected chi connectivity index (χ1v) is 7.49. The topological polar surface area (TPSA) is 36.4 Å². The Labute approximate surface area is 131 Å². The maximum Gasteiger partial charge on any atom is 0.255 e. The summed E-state index contributed by atoms with van der Waals surface area (Å²) in [6, 6.07) is 7.66. The molecule has 0 N–H and O–H groups in total. The van der Waals surface area contributed by atoms with Crippen molar-refractivity contribution in [3.8, 4) is 0 Å². The van der Waals surface area contributed by atoms with Gasteiger partial charge in [-0.2, -0.15) is 0 Å². The third-order valence-corrected chi connectivity index (χ3v) is 3.78. The summed E-state index contributed by atoms with van der Waals surface area (Å²) in [4.78, 5) is 21.7. The van der Waals surface area contributed by atoms with Crippen LogP contribution in [-0.4, -0.2) is 54.4 Å². The lowest BCUT2D eigenvalue weighted by Crippen LogP contribution is -2.36. The van der Waals surface area contributed by atoms with Crippen LogP contribution in [0.3, 0.4) is 0 Å². The van der Waals surface area contributed by atoms with Gasteiger partial charge in [0, 0.05) is 36.1 Å². The summed E-state index contributed by atoms with van der Waals surface area (Å²) in [5.74, 6) is 0.0262. The molecular weight excluding hydrogens is 282 g/mol. The third kappa shape index (κ3) is 3.74. The fourth-order valence-corrected chi connectivity index (χ4v) is 2.44. The summed E-state index contributed by atoms with van der Waals surface area (Å²) in [6.45, 7) is 4.25. The number of para-hydroxylation sites is 1. The molecule has 1 heterocycles. The van der Waals surface area contributed by atoms with Crippen LogP contribution < -0.4 is 0 Å². The maximum atomic E-state index is 12.6. The van der Waals surface area contributed by atoms with E-state index >= 15 is 0 Å². The number of carbonyl (C=O) groups is 1. The molecule has 0 fully saturated rings. The zero-order valence-electron chi connectivity index (χ0n) is 12.7. The molecule has 0 radical (unpaired) electrons. The summed E-state index contributed by atoms with van der Waals surface area (Å²) in [5, 5.41) is 0.942. The van der Waals surface area contributed by atoms with Crippen molar-refractivity contribution in [3.05, 3.63) is 36.0 Å². The van der Waals surface area contributed by atoms with Crippen LogP contribution in [-0.2, 0) is 0 Å². The Hall–Kier alpha value is -1.59. The number of likely N-dealkylation sites (N-methyl/N-ethyl adjacent to an activating group) is 2. The average Bonchev–Trinajstić information content (AvgIpc) is 2.47. The molecule has 2 aromatic rings. The van der Waals surface area contributed by atoms with E-state index in [0.717, 1.165) is 22.3 Å². The number of hydrogen-bond donors (Lipinski definition) is 1. The van der Waals surface area contributed by atoms with Crippen molar-refractivity contribution in [2.24, 2.45) is 0 Å². The Morgan fingerprint density at radius 3 is 2.71 bits per heavy atom. The molecule has 0 saturated heterocycles. The van der Waals surface area contributed by atoms with Crippen LogP contribution in [0.5, 0.6) is 0 Å². The lowest BCUT2D eigenvalue weighted by atomic mass is 10.1. The molecule has 0 aliphatic carbocycles. The van der Waals surface area contributed by atoms with Crippen molar-refractivity contribution < 1.29 is 4.79 Å². The van der Waals surface area contributed by atoms with Gasteiger partial charge in [-0.05, 0) is 33.2 Å². The van der Waals surface area contributed by atoms with Gasteiger partial charge in [0.05, 0.1) is 11.1 Å². The molecule has 5 heteroatoms. The van der Waals surface area contributed by atoms with E-state index in [-0.39, 0.29) is 5.91 Å². The van der Waals surface area contributed by atoms with Crippen molar-refractivity contribution in [1.82, 2.24) is 14.8 Å². The number of rotatable bonds is 5. The number of fused-ring (bicyclic) bond motifs is 1. The monoisotopic (exact) mass is 303 g/mol. The van der Waals surface area contributed by atoms with Crippen LogP contribution in [0.15, 0.2) is 35.4 Å². The van der Waals surface area contributed by atoms with E-state index in [1.54, 1.807) is 6.20 Å². The molecule has 0 spiro atoms. The lowest BCUT2D eigenvalue weighted by molar-refractivity contribution is 0.0754. The van der Waals surface area contributed by atoms with Gasteiger partial charge >= 0.3 is 0 Å². The van der Waals surface area contributed by atoms with Crippen LogP contribution in [0.4, 0.5) is 0 Å². The summed E-state index contributed by atoms with van der Waals surface area (Å²) in [6.07, 6.45) is 1.64. The Kier molecular flexibility index (Phi) is 5.20. The Balaban J connectivity index is 2.25. The number of carbonyl (C=O) groups excluding carboxylic acids is 1. The molecule has 0 unspecified atom stereocenters. The Morgan fingerprint density at radius 2 is 2.05 bits per heavy atom. The smallest absolute Gasteiger partial charge is 0.255 e. The van der Waals surface area contributed by atoms with Crippen molar-refractivity contribution >= 4 is 29.4 Å². The van der Waals surface area contributed by atoms with Gasteiger partial charge in [0.1, 0.15) is 0 Å².